The van der Waals surface area contributed by atoms with Crippen molar-refractivity contribution in [2.75, 3.05) is 26.3 Å². The van der Waals surface area contributed by atoms with Crippen LogP contribution in [0.3, 0.4) is 0 Å². The Bertz CT molecular complexity index is 583. The van der Waals surface area contributed by atoms with Gasteiger partial charge in [-0.1, -0.05) is 43.2 Å². The second-order valence-electron chi connectivity index (χ2n) is 7.99. The van der Waals surface area contributed by atoms with E-state index in [4.69, 9.17) is 9.73 Å². The first kappa shape index (κ1) is 23.4. The Kier molecular flexibility index (Phi) is 10.0. The highest BCUT2D eigenvalue weighted by molar-refractivity contribution is 14.0. The smallest absolute Gasteiger partial charge is 0.191 e. The van der Waals surface area contributed by atoms with Crippen LogP contribution in [0.25, 0.3) is 0 Å². The Morgan fingerprint density at radius 2 is 1.86 bits per heavy atom. The number of halogens is 1. The van der Waals surface area contributed by atoms with Crippen molar-refractivity contribution in [1.82, 2.24) is 16.0 Å². The van der Waals surface area contributed by atoms with Crippen molar-refractivity contribution in [3.05, 3.63) is 35.9 Å². The van der Waals surface area contributed by atoms with Crippen LogP contribution < -0.4 is 16.0 Å². The zero-order valence-electron chi connectivity index (χ0n) is 17.4. The van der Waals surface area contributed by atoms with E-state index >= 15 is 0 Å². The summed E-state index contributed by atoms with van der Waals surface area (Å²) in [5, 5.41) is 11.0. The lowest BCUT2D eigenvalue weighted by atomic mass is 9.88. The number of aliphatic imine (C=N–C) groups is 1. The number of hydrogen-bond donors (Lipinski definition) is 3. The van der Waals surface area contributed by atoms with Gasteiger partial charge in [0, 0.05) is 37.4 Å². The van der Waals surface area contributed by atoms with E-state index in [0.29, 0.717) is 12.1 Å². The molecule has 6 heteroatoms. The minimum atomic E-state index is -0.00840. The molecule has 2 fully saturated rings. The van der Waals surface area contributed by atoms with E-state index < -0.39 is 0 Å². The molecule has 3 N–H and O–H groups in total. The summed E-state index contributed by atoms with van der Waals surface area (Å²) in [5.41, 5.74) is 1.31. The third-order valence-electron chi connectivity index (χ3n) is 5.85. The number of ether oxygens (including phenoxy) is 1. The molecule has 1 heterocycles. The van der Waals surface area contributed by atoms with Gasteiger partial charge in [0.05, 0.1) is 6.54 Å². The summed E-state index contributed by atoms with van der Waals surface area (Å²) in [4.78, 5) is 5.00. The predicted molar refractivity (Wildman–Crippen MR) is 128 cm³/mol. The van der Waals surface area contributed by atoms with Gasteiger partial charge in [0.1, 0.15) is 0 Å². The molecule has 1 aromatic carbocycles. The predicted octanol–water partition coefficient (Wildman–Crippen LogP) is 4.00. The molecule has 1 saturated carbocycles. The van der Waals surface area contributed by atoms with Crippen LogP contribution in [-0.2, 0) is 4.74 Å². The second-order valence-corrected chi connectivity index (χ2v) is 7.99. The van der Waals surface area contributed by atoms with E-state index in [-0.39, 0.29) is 29.5 Å². The molecule has 1 atom stereocenters. The molecule has 1 aliphatic heterocycles. The third-order valence-corrected chi connectivity index (χ3v) is 5.85. The van der Waals surface area contributed by atoms with Gasteiger partial charge in [-0.2, -0.15) is 0 Å². The summed E-state index contributed by atoms with van der Waals surface area (Å²) in [6, 6.07) is 11.5. The highest BCUT2D eigenvalue weighted by Gasteiger charge is 2.34. The molecule has 1 unspecified atom stereocenters. The lowest BCUT2D eigenvalue weighted by Gasteiger charge is -2.39. The number of hydrogen-bond acceptors (Lipinski definition) is 3. The van der Waals surface area contributed by atoms with Crippen LogP contribution in [0.2, 0.25) is 0 Å². The first-order valence-electron chi connectivity index (χ1n) is 10.7. The SMILES string of the molecule is CCNC(=NCC1(NC(C)c2ccccc2)CCOCC1)NC1CCCC1.I. The molecule has 2 aliphatic rings. The first-order chi connectivity index (χ1) is 13.2. The topological polar surface area (TPSA) is 57.7 Å². The van der Waals surface area contributed by atoms with Crippen molar-refractivity contribution in [2.24, 2.45) is 4.99 Å². The zero-order chi connectivity index (χ0) is 19.0. The van der Waals surface area contributed by atoms with E-state index in [9.17, 15) is 0 Å². The normalized spacial score (nSPS) is 21.0. The van der Waals surface area contributed by atoms with Gasteiger partial charge >= 0.3 is 0 Å². The Balaban J connectivity index is 0.00000280. The summed E-state index contributed by atoms with van der Waals surface area (Å²) in [5.74, 6) is 0.962. The Hall–Kier alpha value is -0.860. The summed E-state index contributed by atoms with van der Waals surface area (Å²) < 4.78 is 5.65. The van der Waals surface area contributed by atoms with E-state index in [1.165, 1.54) is 31.2 Å². The van der Waals surface area contributed by atoms with Gasteiger partial charge in [0.2, 0.25) is 0 Å². The molecule has 1 aliphatic carbocycles. The van der Waals surface area contributed by atoms with E-state index in [0.717, 1.165) is 45.1 Å². The molecule has 1 aromatic rings. The molecule has 0 spiro atoms. The fourth-order valence-electron chi connectivity index (χ4n) is 4.21. The summed E-state index contributed by atoms with van der Waals surface area (Å²) in [6.07, 6.45) is 7.16. The molecular weight excluding hydrogens is 463 g/mol. The fourth-order valence-corrected chi connectivity index (χ4v) is 4.21. The molecule has 158 valence electrons. The van der Waals surface area contributed by atoms with Crippen LogP contribution in [0.1, 0.15) is 64.0 Å². The molecule has 0 aromatic heterocycles. The van der Waals surface area contributed by atoms with Crippen molar-refractivity contribution >= 4 is 29.9 Å². The summed E-state index contributed by atoms with van der Waals surface area (Å²) in [6.45, 7) is 7.65. The zero-order valence-corrected chi connectivity index (χ0v) is 19.7. The van der Waals surface area contributed by atoms with E-state index in [1.807, 2.05) is 0 Å². The maximum atomic E-state index is 5.65. The van der Waals surface area contributed by atoms with Crippen LogP contribution in [0.5, 0.6) is 0 Å². The van der Waals surface area contributed by atoms with Gasteiger partial charge in [0.15, 0.2) is 5.96 Å². The Morgan fingerprint density at radius 3 is 2.50 bits per heavy atom. The molecule has 0 amide bonds. The van der Waals surface area contributed by atoms with Gasteiger partial charge in [0.25, 0.3) is 0 Å². The molecule has 0 bridgehead atoms. The number of guanidine groups is 1. The lowest BCUT2D eigenvalue weighted by molar-refractivity contribution is 0.0374. The van der Waals surface area contributed by atoms with E-state index in [2.05, 4.69) is 60.1 Å². The van der Waals surface area contributed by atoms with Crippen molar-refractivity contribution < 1.29 is 4.74 Å². The van der Waals surface area contributed by atoms with Crippen molar-refractivity contribution in [3.8, 4) is 0 Å². The monoisotopic (exact) mass is 500 g/mol. The molecule has 3 rings (SSSR count). The van der Waals surface area contributed by atoms with Crippen LogP contribution in [0.15, 0.2) is 35.3 Å². The van der Waals surface area contributed by atoms with Crippen LogP contribution in [0, 0.1) is 0 Å². The largest absolute Gasteiger partial charge is 0.381 e. The number of benzene rings is 1. The standard InChI is InChI=1S/C22H36N4O.HI/c1-3-23-21(25-20-11-7-8-12-20)24-17-22(13-15-27-16-14-22)26-18(2)19-9-5-4-6-10-19;/h4-6,9-10,18,20,26H,3,7-8,11-17H2,1-2H3,(H2,23,24,25);1H. The van der Waals surface area contributed by atoms with Crippen molar-refractivity contribution in [1.29, 1.82) is 0 Å². The number of rotatable bonds is 7. The van der Waals surface area contributed by atoms with Gasteiger partial charge in [-0.25, -0.2) is 0 Å². The number of nitrogens with zero attached hydrogens (tertiary/aromatic N) is 1. The minimum Gasteiger partial charge on any atom is -0.381 e. The maximum absolute atomic E-state index is 5.65. The van der Waals surface area contributed by atoms with Gasteiger partial charge in [-0.3, -0.25) is 4.99 Å². The average Bonchev–Trinajstić information content (AvgIpc) is 3.21. The van der Waals surface area contributed by atoms with Crippen molar-refractivity contribution in [2.45, 2.75) is 70.0 Å². The maximum Gasteiger partial charge on any atom is 0.191 e. The van der Waals surface area contributed by atoms with Crippen LogP contribution in [-0.4, -0.2) is 43.8 Å². The van der Waals surface area contributed by atoms with E-state index in [1.54, 1.807) is 0 Å². The number of nitrogens with one attached hydrogen (secondary N) is 3. The first-order valence-corrected chi connectivity index (χ1v) is 10.7. The third kappa shape index (κ3) is 6.88. The summed E-state index contributed by atoms with van der Waals surface area (Å²) in [7, 11) is 0. The Labute approximate surface area is 187 Å². The molecule has 1 saturated heterocycles. The fraction of sp³-hybridized carbons (Fsp3) is 0.682. The van der Waals surface area contributed by atoms with Gasteiger partial charge in [-0.05, 0) is 45.1 Å². The van der Waals surface area contributed by atoms with Crippen LogP contribution in [0.4, 0.5) is 0 Å². The molecule has 28 heavy (non-hydrogen) atoms. The average molecular weight is 500 g/mol. The van der Waals surface area contributed by atoms with Gasteiger partial charge in [-0.15, -0.1) is 24.0 Å². The quantitative estimate of drug-likeness (QED) is 0.301. The Morgan fingerprint density at radius 1 is 1.18 bits per heavy atom. The molecular formula is C22H37IN4O. The molecule has 0 radical (unpaired) electrons. The highest BCUT2D eigenvalue weighted by Crippen LogP contribution is 2.26. The van der Waals surface area contributed by atoms with Gasteiger partial charge < -0.3 is 20.7 Å². The van der Waals surface area contributed by atoms with Crippen LogP contribution >= 0.6 is 24.0 Å². The second kappa shape index (κ2) is 12.0. The van der Waals surface area contributed by atoms with Crippen molar-refractivity contribution in [3.63, 3.8) is 0 Å². The highest BCUT2D eigenvalue weighted by atomic mass is 127. The molecule has 5 nitrogen and oxygen atoms in total. The summed E-state index contributed by atoms with van der Waals surface area (Å²) >= 11 is 0. The lowest BCUT2D eigenvalue weighted by Crippen LogP contribution is -2.53. The minimum absolute atomic E-state index is 0.